The minimum Gasteiger partial charge on any atom is -0.494 e. The van der Waals surface area contributed by atoms with Gasteiger partial charge >= 0.3 is 0 Å². The number of aromatic nitrogens is 3. The summed E-state index contributed by atoms with van der Waals surface area (Å²) in [7, 11) is 1.52. The highest BCUT2D eigenvalue weighted by atomic mass is 35.5. The van der Waals surface area contributed by atoms with Gasteiger partial charge < -0.3 is 25.8 Å². The second-order valence-corrected chi connectivity index (χ2v) is 8.08. The maximum Gasteiger partial charge on any atom is 0.241 e. The highest BCUT2D eigenvalue weighted by Gasteiger charge is 2.16. The van der Waals surface area contributed by atoms with E-state index in [2.05, 4.69) is 25.6 Å². The van der Waals surface area contributed by atoms with Crippen LogP contribution in [0.25, 0.3) is 10.9 Å². The molecule has 10 heteroatoms. The number of nitrogens with one attached hydrogen (secondary N) is 2. The predicted octanol–water partition coefficient (Wildman–Crippen LogP) is 4.69. The molecule has 4 rings (SSSR count). The van der Waals surface area contributed by atoms with E-state index in [4.69, 9.17) is 26.8 Å². The molecule has 0 fully saturated rings. The number of pyridine rings is 1. The third-order valence-corrected chi connectivity index (χ3v) is 5.58. The van der Waals surface area contributed by atoms with E-state index in [1.54, 1.807) is 30.5 Å². The molecule has 2 heterocycles. The van der Waals surface area contributed by atoms with Gasteiger partial charge in [-0.25, -0.2) is 9.97 Å². The summed E-state index contributed by atoms with van der Waals surface area (Å²) in [5, 5.41) is 7.20. The SMILES string of the molecule is CCC(N)C(=O)Nc1cc2c(Nc3ccc(OCc4ccccn4)c(Cl)c3)ncnc2cc1OC. The van der Waals surface area contributed by atoms with Gasteiger partial charge in [-0.1, -0.05) is 24.6 Å². The lowest BCUT2D eigenvalue weighted by molar-refractivity contribution is -0.117. The average Bonchev–Trinajstić information content (AvgIpc) is 2.88. The first-order valence-corrected chi connectivity index (χ1v) is 11.3. The molecular formula is C25H25ClN6O3. The number of carbonyl (C=O) groups excluding carboxylic acids is 1. The van der Waals surface area contributed by atoms with Crippen LogP contribution in [0.2, 0.25) is 5.02 Å². The third kappa shape index (κ3) is 5.76. The lowest BCUT2D eigenvalue weighted by Crippen LogP contribution is -2.34. The zero-order valence-electron chi connectivity index (χ0n) is 19.3. The van der Waals surface area contributed by atoms with Crippen molar-refractivity contribution in [3.8, 4) is 11.5 Å². The lowest BCUT2D eigenvalue weighted by Gasteiger charge is -2.16. The molecule has 9 nitrogen and oxygen atoms in total. The Bertz CT molecular complexity index is 1340. The van der Waals surface area contributed by atoms with Crippen LogP contribution < -0.4 is 25.8 Å². The standard InChI is InChI=1S/C25H25ClN6O3/c1-3-19(27)25(33)32-21-11-17-20(12-23(21)34-2)29-14-30-24(17)31-15-7-8-22(18(26)10-15)35-13-16-6-4-5-9-28-16/h4-12,14,19H,3,13,27H2,1-2H3,(H,32,33)(H,29,30,31). The highest BCUT2D eigenvalue weighted by molar-refractivity contribution is 6.32. The summed E-state index contributed by atoms with van der Waals surface area (Å²) in [5.74, 6) is 1.24. The Kier molecular flexibility index (Phi) is 7.59. The molecule has 0 saturated heterocycles. The number of rotatable bonds is 9. The first-order chi connectivity index (χ1) is 17.0. The van der Waals surface area contributed by atoms with Gasteiger partial charge in [0, 0.05) is 23.3 Å². The van der Waals surface area contributed by atoms with Gasteiger partial charge in [0.05, 0.1) is 35.1 Å². The van der Waals surface area contributed by atoms with E-state index in [0.717, 1.165) is 5.69 Å². The fourth-order valence-electron chi connectivity index (χ4n) is 3.33. The molecule has 4 N–H and O–H groups in total. The van der Waals surface area contributed by atoms with Crippen LogP contribution in [0.5, 0.6) is 11.5 Å². The number of ether oxygens (including phenoxy) is 2. The fraction of sp³-hybridized carbons (Fsp3) is 0.200. The molecule has 0 spiro atoms. The topological polar surface area (TPSA) is 124 Å². The molecule has 0 bridgehead atoms. The van der Waals surface area contributed by atoms with Crippen molar-refractivity contribution in [3.05, 3.63) is 71.8 Å². The predicted molar refractivity (Wildman–Crippen MR) is 136 cm³/mol. The van der Waals surface area contributed by atoms with Crippen LogP contribution in [-0.2, 0) is 11.4 Å². The number of benzene rings is 2. The number of hydrogen-bond acceptors (Lipinski definition) is 8. The van der Waals surface area contributed by atoms with E-state index in [1.807, 2.05) is 31.2 Å². The van der Waals surface area contributed by atoms with E-state index < -0.39 is 6.04 Å². The molecule has 0 aliphatic carbocycles. The summed E-state index contributed by atoms with van der Waals surface area (Å²) in [5.41, 5.74) is 8.48. The van der Waals surface area contributed by atoms with Crippen LogP contribution >= 0.6 is 11.6 Å². The molecule has 4 aromatic rings. The third-order valence-electron chi connectivity index (χ3n) is 5.29. The van der Waals surface area contributed by atoms with Crippen molar-refractivity contribution in [2.45, 2.75) is 26.0 Å². The maximum atomic E-state index is 12.4. The van der Waals surface area contributed by atoms with Gasteiger partial charge in [-0.15, -0.1) is 0 Å². The number of nitrogens with zero attached hydrogens (tertiary/aromatic N) is 3. The quantitative estimate of drug-likeness (QED) is 0.307. The summed E-state index contributed by atoms with van der Waals surface area (Å²) in [4.78, 5) is 25.3. The van der Waals surface area contributed by atoms with Gasteiger partial charge in [0.15, 0.2) is 0 Å². The molecule has 1 amide bonds. The van der Waals surface area contributed by atoms with Gasteiger partial charge in [0.1, 0.15) is 30.3 Å². The van der Waals surface area contributed by atoms with Crippen LogP contribution in [0.1, 0.15) is 19.0 Å². The van der Waals surface area contributed by atoms with Gasteiger partial charge in [0.25, 0.3) is 0 Å². The Morgan fingerprint density at radius 2 is 1.97 bits per heavy atom. The monoisotopic (exact) mass is 492 g/mol. The number of anilines is 3. The van der Waals surface area contributed by atoms with Gasteiger partial charge in [-0.05, 0) is 42.8 Å². The molecule has 0 aliphatic rings. The molecule has 1 unspecified atom stereocenters. The molecule has 1 atom stereocenters. The second-order valence-electron chi connectivity index (χ2n) is 7.68. The van der Waals surface area contributed by atoms with Gasteiger partial charge in [0.2, 0.25) is 5.91 Å². The first-order valence-electron chi connectivity index (χ1n) is 11.0. The lowest BCUT2D eigenvalue weighted by atomic mass is 10.1. The summed E-state index contributed by atoms with van der Waals surface area (Å²) < 4.78 is 11.2. The zero-order valence-corrected chi connectivity index (χ0v) is 20.0. The average molecular weight is 493 g/mol. The van der Waals surface area contributed by atoms with Crippen molar-refractivity contribution >= 4 is 45.6 Å². The Balaban J connectivity index is 1.58. The minimum absolute atomic E-state index is 0.301. The van der Waals surface area contributed by atoms with Crippen molar-refractivity contribution in [3.63, 3.8) is 0 Å². The Hall–Kier alpha value is -3.95. The summed E-state index contributed by atoms with van der Waals surface area (Å²) >= 11 is 6.45. The molecule has 35 heavy (non-hydrogen) atoms. The number of hydrogen-bond donors (Lipinski definition) is 3. The molecule has 180 valence electrons. The van der Waals surface area contributed by atoms with Crippen LogP contribution in [-0.4, -0.2) is 34.0 Å². The van der Waals surface area contributed by atoms with Crippen LogP contribution in [0, 0.1) is 0 Å². The van der Waals surface area contributed by atoms with Crippen molar-refractivity contribution in [1.29, 1.82) is 0 Å². The number of amides is 1. The van der Waals surface area contributed by atoms with E-state index >= 15 is 0 Å². The number of fused-ring (bicyclic) bond motifs is 1. The Morgan fingerprint density at radius 1 is 1.11 bits per heavy atom. The van der Waals surface area contributed by atoms with Crippen LogP contribution in [0.15, 0.2) is 61.1 Å². The van der Waals surface area contributed by atoms with E-state index in [0.29, 0.717) is 57.6 Å². The zero-order chi connectivity index (χ0) is 24.8. The van der Waals surface area contributed by atoms with Crippen LogP contribution in [0.3, 0.4) is 0 Å². The molecule has 0 aliphatic heterocycles. The first kappa shape index (κ1) is 24.2. The van der Waals surface area contributed by atoms with Crippen molar-refractivity contribution in [2.24, 2.45) is 5.73 Å². The normalized spacial score (nSPS) is 11.7. The van der Waals surface area contributed by atoms with Crippen LogP contribution in [0.4, 0.5) is 17.2 Å². The van der Waals surface area contributed by atoms with E-state index in [-0.39, 0.29) is 5.91 Å². The second kappa shape index (κ2) is 11.0. The van der Waals surface area contributed by atoms with E-state index in [9.17, 15) is 4.79 Å². The molecule has 2 aromatic heterocycles. The van der Waals surface area contributed by atoms with Crippen molar-refractivity contribution < 1.29 is 14.3 Å². The highest BCUT2D eigenvalue weighted by Crippen LogP contribution is 2.34. The largest absolute Gasteiger partial charge is 0.494 e. The van der Waals surface area contributed by atoms with E-state index in [1.165, 1.54) is 13.4 Å². The summed E-state index contributed by atoms with van der Waals surface area (Å²) in [6.45, 7) is 2.15. The smallest absolute Gasteiger partial charge is 0.241 e. The van der Waals surface area contributed by atoms with Crippen molar-refractivity contribution in [1.82, 2.24) is 15.0 Å². The molecule has 0 radical (unpaired) electrons. The number of carbonyl (C=O) groups is 1. The molecular weight excluding hydrogens is 468 g/mol. The Labute approximate surface area is 207 Å². The van der Waals surface area contributed by atoms with Crippen molar-refractivity contribution in [2.75, 3.05) is 17.7 Å². The number of halogens is 1. The minimum atomic E-state index is -0.624. The number of nitrogens with two attached hydrogens (primary N) is 1. The number of methoxy groups -OCH3 is 1. The summed E-state index contributed by atoms with van der Waals surface area (Å²) in [6, 6.07) is 13.8. The fourth-order valence-corrected chi connectivity index (χ4v) is 3.56. The summed E-state index contributed by atoms with van der Waals surface area (Å²) in [6.07, 6.45) is 3.67. The van der Waals surface area contributed by atoms with Gasteiger partial charge in [-0.3, -0.25) is 9.78 Å². The van der Waals surface area contributed by atoms with Gasteiger partial charge in [-0.2, -0.15) is 0 Å². The molecule has 0 saturated carbocycles. The maximum absolute atomic E-state index is 12.4. The molecule has 2 aromatic carbocycles. The Morgan fingerprint density at radius 3 is 2.69 bits per heavy atom.